The molecule has 8 heteroatoms. The summed E-state index contributed by atoms with van der Waals surface area (Å²) in [5.41, 5.74) is 0.671. The molecule has 7 nitrogen and oxygen atoms in total. The molecule has 0 saturated heterocycles. The maximum absolute atomic E-state index is 13.4. The van der Waals surface area contributed by atoms with E-state index in [2.05, 4.69) is 29.5 Å². The number of hydrogen-bond acceptors (Lipinski definition) is 5. The van der Waals surface area contributed by atoms with Gasteiger partial charge >= 0.3 is 0 Å². The summed E-state index contributed by atoms with van der Waals surface area (Å²) in [5.74, 6) is -0.401. The third kappa shape index (κ3) is 6.63. The van der Waals surface area contributed by atoms with Crippen molar-refractivity contribution in [1.29, 1.82) is 0 Å². The van der Waals surface area contributed by atoms with E-state index in [0.29, 0.717) is 22.9 Å². The first kappa shape index (κ1) is 23.9. The van der Waals surface area contributed by atoms with Crippen LogP contribution in [-0.4, -0.2) is 46.7 Å². The summed E-state index contributed by atoms with van der Waals surface area (Å²) in [5, 5.41) is 7.66. The Morgan fingerprint density at radius 3 is 2.59 bits per heavy atom. The van der Waals surface area contributed by atoms with Gasteiger partial charge in [-0.3, -0.25) is 19.4 Å². The summed E-state index contributed by atoms with van der Waals surface area (Å²) < 4.78 is 0. The molecular formula is C24H32N4O3S. The lowest BCUT2D eigenvalue weighted by Crippen LogP contribution is -2.49. The topological polar surface area (TPSA) is 91.4 Å². The third-order valence-electron chi connectivity index (χ3n) is 5.67. The van der Waals surface area contributed by atoms with Gasteiger partial charge in [0.25, 0.3) is 5.91 Å². The number of thiophene rings is 1. The Morgan fingerprint density at radius 1 is 1.19 bits per heavy atom. The van der Waals surface area contributed by atoms with Crippen molar-refractivity contribution in [1.82, 2.24) is 20.5 Å². The van der Waals surface area contributed by atoms with Crippen molar-refractivity contribution in [2.45, 2.75) is 58.0 Å². The quantitative estimate of drug-likeness (QED) is 0.572. The molecule has 2 N–H and O–H groups in total. The lowest BCUT2D eigenvalue weighted by molar-refractivity contribution is -0.140. The van der Waals surface area contributed by atoms with Crippen LogP contribution in [0.4, 0.5) is 0 Å². The van der Waals surface area contributed by atoms with Gasteiger partial charge in [0, 0.05) is 30.5 Å². The van der Waals surface area contributed by atoms with Gasteiger partial charge in [-0.25, -0.2) is 0 Å². The summed E-state index contributed by atoms with van der Waals surface area (Å²) in [4.78, 5) is 45.4. The van der Waals surface area contributed by atoms with Gasteiger partial charge in [0.1, 0.15) is 6.04 Å². The van der Waals surface area contributed by atoms with Gasteiger partial charge < -0.3 is 15.5 Å². The minimum absolute atomic E-state index is 0.141. The lowest BCUT2D eigenvalue weighted by Gasteiger charge is -2.32. The SMILES string of the molecule is CC(C)CCN(C(=O)CNC(=O)c1cccs1)[C@H](C(=O)NC1CCCC1)c1cccnc1. The predicted molar refractivity (Wildman–Crippen MR) is 125 cm³/mol. The summed E-state index contributed by atoms with van der Waals surface area (Å²) in [6.07, 6.45) is 8.17. The molecule has 1 saturated carbocycles. The Kier molecular flexibility index (Phi) is 8.79. The number of pyridine rings is 1. The molecule has 1 aliphatic rings. The molecule has 3 amide bonds. The van der Waals surface area contributed by atoms with Crippen LogP contribution >= 0.6 is 11.3 Å². The lowest BCUT2D eigenvalue weighted by atomic mass is 10.0. The molecule has 2 heterocycles. The van der Waals surface area contributed by atoms with E-state index >= 15 is 0 Å². The van der Waals surface area contributed by atoms with Crippen LogP contribution in [0.1, 0.15) is 67.2 Å². The minimum atomic E-state index is -0.783. The Bertz CT molecular complexity index is 880. The fraction of sp³-hybridized carbons (Fsp3) is 0.500. The first-order chi connectivity index (χ1) is 15.5. The molecule has 32 heavy (non-hydrogen) atoms. The predicted octanol–water partition coefficient (Wildman–Crippen LogP) is 3.55. The fourth-order valence-corrected chi connectivity index (χ4v) is 4.55. The highest BCUT2D eigenvalue weighted by molar-refractivity contribution is 7.12. The number of nitrogens with one attached hydrogen (secondary N) is 2. The molecule has 0 unspecified atom stereocenters. The second-order valence-electron chi connectivity index (χ2n) is 8.61. The standard InChI is InChI=1S/C24H32N4O3S/c1-17(2)11-13-28(21(29)16-26-23(30)20-10-6-14-32-20)22(18-7-5-12-25-15-18)24(31)27-19-8-3-4-9-19/h5-7,10,12,14-15,17,19,22H,3-4,8-9,11,13,16H2,1-2H3,(H,26,30)(H,27,31)/t22-/m0/s1. The highest BCUT2D eigenvalue weighted by Crippen LogP contribution is 2.24. The molecule has 1 fully saturated rings. The van der Waals surface area contributed by atoms with Crippen molar-refractivity contribution in [2.24, 2.45) is 5.92 Å². The molecule has 3 rings (SSSR count). The zero-order valence-corrected chi connectivity index (χ0v) is 19.6. The average Bonchev–Trinajstić information content (AvgIpc) is 3.49. The van der Waals surface area contributed by atoms with Gasteiger partial charge in [-0.05, 0) is 42.7 Å². The number of carbonyl (C=O) groups excluding carboxylic acids is 3. The second-order valence-corrected chi connectivity index (χ2v) is 9.56. The van der Waals surface area contributed by atoms with Crippen LogP contribution in [0.2, 0.25) is 0 Å². The van der Waals surface area contributed by atoms with Crippen LogP contribution in [0.3, 0.4) is 0 Å². The van der Waals surface area contributed by atoms with Crippen LogP contribution in [0.5, 0.6) is 0 Å². The van der Waals surface area contributed by atoms with Crippen LogP contribution in [0.15, 0.2) is 42.0 Å². The summed E-state index contributed by atoms with van der Waals surface area (Å²) >= 11 is 1.32. The van der Waals surface area contributed by atoms with Gasteiger partial charge in [-0.1, -0.05) is 38.8 Å². The smallest absolute Gasteiger partial charge is 0.261 e. The van der Waals surface area contributed by atoms with Gasteiger partial charge in [-0.15, -0.1) is 11.3 Å². The monoisotopic (exact) mass is 456 g/mol. The van der Waals surface area contributed by atoms with Crippen LogP contribution < -0.4 is 10.6 Å². The average molecular weight is 457 g/mol. The zero-order valence-electron chi connectivity index (χ0n) is 18.8. The molecule has 1 atom stereocenters. The Balaban J connectivity index is 1.80. The van der Waals surface area contributed by atoms with Gasteiger partial charge in [-0.2, -0.15) is 0 Å². The Labute approximate surface area is 193 Å². The maximum Gasteiger partial charge on any atom is 0.261 e. The van der Waals surface area contributed by atoms with E-state index in [9.17, 15) is 14.4 Å². The maximum atomic E-state index is 13.4. The number of hydrogen-bond donors (Lipinski definition) is 2. The van der Waals surface area contributed by atoms with Crippen molar-refractivity contribution in [3.05, 3.63) is 52.5 Å². The van der Waals surface area contributed by atoms with Crippen LogP contribution in [-0.2, 0) is 9.59 Å². The molecule has 2 aromatic heterocycles. The molecule has 0 aliphatic heterocycles. The van der Waals surface area contributed by atoms with E-state index in [1.54, 1.807) is 35.5 Å². The Hall–Kier alpha value is -2.74. The molecule has 0 bridgehead atoms. The van der Waals surface area contributed by atoms with E-state index in [-0.39, 0.29) is 30.3 Å². The molecule has 0 aromatic carbocycles. The van der Waals surface area contributed by atoms with E-state index < -0.39 is 6.04 Å². The zero-order chi connectivity index (χ0) is 22.9. The van der Waals surface area contributed by atoms with Crippen molar-refractivity contribution < 1.29 is 14.4 Å². The Morgan fingerprint density at radius 2 is 1.97 bits per heavy atom. The molecule has 172 valence electrons. The molecule has 0 spiro atoms. The van der Waals surface area contributed by atoms with Crippen LogP contribution in [0, 0.1) is 5.92 Å². The first-order valence-electron chi connectivity index (χ1n) is 11.3. The minimum Gasteiger partial charge on any atom is -0.351 e. The molecule has 2 aromatic rings. The molecule has 1 aliphatic carbocycles. The number of amides is 3. The molecule has 0 radical (unpaired) electrons. The number of aromatic nitrogens is 1. The van der Waals surface area contributed by atoms with E-state index in [1.807, 2.05) is 11.4 Å². The summed E-state index contributed by atoms with van der Waals surface area (Å²) in [7, 11) is 0. The first-order valence-corrected chi connectivity index (χ1v) is 12.1. The van der Waals surface area contributed by atoms with E-state index in [0.717, 1.165) is 32.1 Å². The second kappa shape index (κ2) is 11.8. The van der Waals surface area contributed by atoms with Crippen molar-refractivity contribution in [3.63, 3.8) is 0 Å². The van der Waals surface area contributed by atoms with Gasteiger partial charge in [0.2, 0.25) is 11.8 Å². The summed E-state index contributed by atoms with van der Waals surface area (Å²) in [6.45, 7) is 4.42. The fourth-order valence-electron chi connectivity index (χ4n) is 3.91. The van der Waals surface area contributed by atoms with Crippen molar-refractivity contribution in [2.75, 3.05) is 13.1 Å². The number of carbonyl (C=O) groups is 3. The normalized spacial score (nSPS) is 14.8. The van der Waals surface area contributed by atoms with Crippen molar-refractivity contribution in [3.8, 4) is 0 Å². The van der Waals surface area contributed by atoms with Crippen molar-refractivity contribution >= 4 is 29.1 Å². The number of rotatable bonds is 10. The number of nitrogens with zero attached hydrogens (tertiary/aromatic N) is 2. The highest BCUT2D eigenvalue weighted by Gasteiger charge is 2.33. The van der Waals surface area contributed by atoms with Gasteiger partial charge in [0.05, 0.1) is 11.4 Å². The van der Waals surface area contributed by atoms with E-state index in [1.165, 1.54) is 11.3 Å². The van der Waals surface area contributed by atoms with Crippen LogP contribution in [0.25, 0.3) is 0 Å². The highest BCUT2D eigenvalue weighted by atomic mass is 32.1. The summed E-state index contributed by atoms with van der Waals surface area (Å²) in [6, 6.07) is 6.47. The molecular weight excluding hydrogens is 424 g/mol. The third-order valence-corrected chi connectivity index (χ3v) is 6.54. The largest absolute Gasteiger partial charge is 0.351 e. The van der Waals surface area contributed by atoms with E-state index in [4.69, 9.17) is 0 Å². The van der Waals surface area contributed by atoms with Gasteiger partial charge in [0.15, 0.2) is 0 Å².